The summed E-state index contributed by atoms with van der Waals surface area (Å²) in [4.78, 5) is 46.0. The Labute approximate surface area is 182 Å². The number of rotatable bonds is 5. The van der Waals surface area contributed by atoms with Gasteiger partial charge in [-0.1, -0.05) is 65.9 Å². The molecule has 1 aliphatic rings. The number of carbonyl (C=O) groups is 3. The summed E-state index contributed by atoms with van der Waals surface area (Å²) in [5, 5.41) is 0.534. The van der Waals surface area contributed by atoms with Crippen molar-refractivity contribution in [1.29, 1.82) is 0 Å². The molecular weight excluding hydrogens is 410 g/mol. The van der Waals surface area contributed by atoms with Crippen LogP contribution in [0.15, 0.2) is 78.9 Å². The van der Waals surface area contributed by atoms with Gasteiger partial charge in [0, 0.05) is 0 Å². The predicted octanol–water partition coefficient (Wildman–Crippen LogP) is 4.13. The van der Waals surface area contributed by atoms with E-state index in [2.05, 4.69) is 4.98 Å². The first kappa shape index (κ1) is 19.1. The smallest absolute Gasteiger partial charge is 0.262 e. The van der Waals surface area contributed by atoms with Crippen LogP contribution in [0, 0.1) is 0 Å². The molecule has 5 rings (SSSR count). The van der Waals surface area contributed by atoms with Gasteiger partial charge in [-0.15, -0.1) is 0 Å². The number of aromatic nitrogens is 1. The summed E-state index contributed by atoms with van der Waals surface area (Å²) in [7, 11) is 0. The zero-order chi connectivity index (χ0) is 21.4. The van der Waals surface area contributed by atoms with Crippen molar-refractivity contribution in [3.63, 3.8) is 0 Å². The van der Waals surface area contributed by atoms with E-state index in [1.165, 1.54) is 11.3 Å². The van der Waals surface area contributed by atoms with Crippen molar-refractivity contribution in [1.82, 2.24) is 9.88 Å². The van der Waals surface area contributed by atoms with Crippen LogP contribution in [-0.2, 0) is 11.3 Å². The second-order valence-electron chi connectivity index (χ2n) is 7.17. The Kier molecular flexibility index (Phi) is 4.80. The van der Waals surface area contributed by atoms with Crippen molar-refractivity contribution in [3.05, 3.63) is 95.6 Å². The third kappa shape index (κ3) is 3.49. The molecule has 0 saturated carbocycles. The zero-order valence-corrected chi connectivity index (χ0v) is 17.2. The second kappa shape index (κ2) is 7.77. The van der Waals surface area contributed by atoms with Gasteiger partial charge in [-0.25, -0.2) is 4.98 Å². The quantitative estimate of drug-likeness (QED) is 0.449. The Morgan fingerprint density at radius 3 is 2.13 bits per heavy atom. The molecule has 0 spiro atoms. The number of carbonyl (C=O) groups excluding carboxylic acids is 3. The molecule has 3 amide bonds. The molecule has 4 aromatic rings. The van der Waals surface area contributed by atoms with Crippen molar-refractivity contribution in [3.8, 4) is 0 Å². The molecule has 31 heavy (non-hydrogen) atoms. The highest BCUT2D eigenvalue weighted by molar-refractivity contribution is 7.22. The number of nitrogens with zero attached hydrogens (tertiary/aromatic N) is 3. The Hall–Kier alpha value is -3.84. The summed E-state index contributed by atoms with van der Waals surface area (Å²) in [6, 6.07) is 23.9. The summed E-state index contributed by atoms with van der Waals surface area (Å²) in [6.07, 6.45) is 0. The fourth-order valence-electron chi connectivity index (χ4n) is 3.61. The first-order valence-corrected chi connectivity index (χ1v) is 10.6. The average molecular weight is 427 g/mol. The Bertz CT molecular complexity index is 1250. The minimum absolute atomic E-state index is 0.294. The topological polar surface area (TPSA) is 70.6 Å². The number of anilines is 1. The van der Waals surface area contributed by atoms with Crippen molar-refractivity contribution in [2.45, 2.75) is 6.54 Å². The van der Waals surface area contributed by atoms with Crippen LogP contribution < -0.4 is 4.90 Å². The van der Waals surface area contributed by atoms with Crippen LogP contribution in [0.1, 0.15) is 26.3 Å². The Morgan fingerprint density at radius 1 is 0.839 bits per heavy atom. The molecule has 1 aromatic heterocycles. The lowest BCUT2D eigenvalue weighted by molar-refractivity contribution is -0.119. The molecule has 0 aliphatic carbocycles. The summed E-state index contributed by atoms with van der Waals surface area (Å²) < 4.78 is 0.962. The minimum atomic E-state index is -0.446. The highest BCUT2D eigenvalue weighted by atomic mass is 32.1. The Balaban J connectivity index is 1.47. The summed E-state index contributed by atoms with van der Waals surface area (Å²) in [5.41, 5.74) is 2.39. The maximum absolute atomic E-state index is 13.4. The molecule has 3 aromatic carbocycles. The largest absolute Gasteiger partial charge is 0.282 e. The van der Waals surface area contributed by atoms with E-state index in [-0.39, 0.29) is 12.5 Å². The van der Waals surface area contributed by atoms with Crippen molar-refractivity contribution >= 4 is 44.4 Å². The molecule has 7 heteroatoms. The number of amides is 3. The molecule has 2 heterocycles. The van der Waals surface area contributed by atoms with Gasteiger partial charge in [-0.05, 0) is 29.8 Å². The third-order valence-corrected chi connectivity index (χ3v) is 6.23. The number of thiazole rings is 1. The van der Waals surface area contributed by atoms with Gasteiger partial charge in [0.1, 0.15) is 6.54 Å². The van der Waals surface area contributed by atoms with E-state index in [9.17, 15) is 14.4 Å². The van der Waals surface area contributed by atoms with E-state index in [1.807, 2.05) is 54.6 Å². The first-order chi connectivity index (χ1) is 15.1. The van der Waals surface area contributed by atoms with Gasteiger partial charge in [-0.2, -0.15) is 0 Å². The maximum atomic E-state index is 13.4. The SMILES string of the molecule is O=C1c2ccccc2C(=O)N1CC(=O)N(Cc1ccccc1)c1nc2ccccc2s1. The van der Waals surface area contributed by atoms with Crippen LogP contribution >= 0.6 is 11.3 Å². The standard InChI is InChI=1S/C24H17N3O3S/c28-21(15-27-22(29)17-10-4-5-11-18(17)23(27)30)26(14-16-8-2-1-3-9-16)24-25-19-12-6-7-13-20(19)31-24/h1-13H,14-15H2. The highest BCUT2D eigenvalue weighted by Crippen LogP contribution is 2.30. The normalized spacial score (nSPS) is 13.0. The summed E-state index contributed by atoms with van der Waals surface area (Å²) >= 11 is 1.41. The number of benzene rings is 3. The van der Waals surface area contributed by atoms with Crippen LogP contribution in [0.25, 0.3) is 10.2 Å². The van der Waals surface area contributed by atoms with Crippen molar-refractivity contribution in [2.24, 2.45) is 0 Å². The number of hydrogen-bond donors (Lipinski definition) is 0. The van der Waals surface area contributed by atoms with E-state index < -0.39 is 11.8 Å². The predicted molar refractivity (Wildman–Crippen MR) is 119 cm³/mol. The van der Waals surface area contributed by atoms with E-state index >= 15 is 0 Å². The molecule has 0 unspecified atom stereocenters. The molecule has 152 valence electrons. The third-order valence-electron chi connectivity index (χ3n) is 5.17. The lowest BCUT2D eigenvalue weighted by atomic mass is 10.1. The first-order valence-electron chi connectivity index (χ1n) is 9.77. The summed E-state index contributed by atoms with van der Waals surface area (Å²) in [6.45, 7) is -0.0439. The van der Waals surface area contributed by atoms with Gasteiger partial charge in [0.2, 0.25) is 5.91 Å². The fraction of sp³-hybridized carbons (Fsp3) is 0.0833. The molecule has 0 atom stereocenters. The average Bonchev–Trinajstić information content (AvgIpc) is 3.33. The fourth-order valence-corrected chi connectivity index (χ4v) is 4.59. The summed E-state index contributed by atoms with van der Waals surface area (Å²) in [5.74, 6) is -1.26. The van der Waals surface area contributed by atoms with Crippen LogP contribution in [0.5, 0.6) is 0 Å². The molecule has 0 saturated heterocycles. The monoisotopic (exact) mass is 427 g/mol. The van der Waals surface area contributed by atoms with E-state index in [0.29, 0.717) is 22.8 Å². The number of imide groups is 1. The van der Waals surface area contributed by atoms with Crippen LogP contribution in [0.3, 0.4) is 0 Å². The molecule has 0 N–H and O–H groups in total. The molecular formula is C24H17N3O3S. The molecule has 0 bridgehead atoms. The van der Waals surface area contributed by atoms with Gasteiger partial charge >= 0.3 is 0 Å². The van der Waals surface area contributed by atoms with Gasteiger partial charge in [0.25, 0.3) is 11.8 Å². The van der Waals surface area contributed by atoms with Crippen molar-refractivity contribution < 1.29 is 14.4 Å². The van der Waals surface area contributed by atoms with Crippen LogP contribution in [0.2, 0.25) is 0 Å². The molecule has 0 radical (unpaired) electrons. The number of para-hydroxylation sites is 1. The highest BCUT2D eigenvalue weighted by Gasteiger charge is 2.37. The number of hydrogen-bond acceptors (Lipinski definition) is 5. The molecule has 1 aliphatic heterocycles. The zero-order valence-electron chi connectivity index (χ0n) is 16.4. The van der Waals surface area contributed by atoms with Crippen molar-refractivity contribution in [2.75, 3.05) is 11.4 Å². The van der Waals surface area contributed by atoms with Gasteiger partial charge in [0.05, 0.1) is 27.9 Å². The van der Waals surface area contributed by atoms with E-state index in [4.69, 9.17) is 0 Å². The van der Waals surface area contributed by atoms with Gasteiger partial charge in [-0.3, -0.25) is 24.2 Å². The van der Waals surface area contributed by atoms with Crippen LogP contribution in [0.4, 0.5) is 5.13 Å². The number of fused-ring (bicyclic) bond motifs is 2. The minimum Gasteiger partial charge on any atom is -0.282 e. The van der Waals surface area contributed by atoms with E-state index in [1.54, 1.807) is 29.2 Å². The second-order valence-corrected chi connectivity index (χ2v) is 8.18. The van der Waals surface area contributed by atoms with Gasteiger partial charge in [0.15, 0.2) is 5.13 Å². The lowest BCUT2D eigenvalue weighted by Gasteiger charge is -2.22. The lowest BCUT2D eigenvalue weighted by Crippen LogP contribution is -2.42. The maximum Gasteiger partial charge on any atom is 0.262 e. The van der Waals surface area contributed by atoms with Gasteiger partial charge < -0.3 is 0 Å². The van der Waals surface area contributed by atoms with E-state index in [0.717, 1.165) is 20.7 Å². The Morgan fingerprint density at radius 2 is 1.45 bits per heavy atom. The van der Waals surface area contributed by atoms with Crippen LogP contribution in [-0.4, -0.2) is 34.2 Å². The molecule has 0 fully saturated rings. The molecule has 6 nitrogen and oxygen atoms in total.